The molecule has 0 fully saturated rings. The van der Waals surface area contributed by atoms with Crippen LogP contribution in [0, 0.1) is 5.92 Å². The summed E-state index contributed by atoms with van der Waals surface area (Å²) in [5.41, 5.74) is 0.991. The Hall–Kier alpha value is -1.62. The quantitative estimate of drug-likeness (QED) is 0.503. The molecule has 0 aliphatic rings. The predicted molar refractivity (Wildman–Crippen MR) is 78.2 cm³/mol. The first-order valence-corrected chi connectivity index (χ1v) is 6.83. The molecule has 0 aliphatic heterocycles. The first kappa shape index (κ1) is 15.4. The van der Waals surface area contributed by atoms with Crippen molar-refractivity contribution in [3.05, 3.63) is 30.1 Å². The highest BCUT2D eigenvalue weighted by Gasteiger charge is 2.09. The van der Waals surface area contributed by atoms with Crippen LogP contribution in [0.5, 0.6) is 0 Å². The van der Waals surface area contributed by atoms with Gasteiger partial charge >= 0.3 is 0 Å². The third kappa shape index (κ3) is 6.20. The molecule has 1 aromatic rings. The second-order valence-corrected chi connectivity index (χ2v) is 4.32. The summed E-state index contributed by atoms with van der Waals surface area (Å²) in [5, 5.41) is 15.8. The third-order valence-corrected chi connectivity index (χ3v) is 2.68. The van der Waals surface area contributed by atoms with Crippen LogP contribution in [0.2, 0.25) is 0 Å². The highest BCUT2D eigenvalue weighted by Crippen LogP contribution is 2.06. The zero-order chi connectivity index (χ0) is 13.9. The van der Waals surface area contributed by atoms with Crippen molar-refractivity contribution in [2.24, 2.45) is 10.9 Å². The minimum atomic E-state index is 0.0993. The van der Waals surface area contributed by atoms with E-state index in [1.54, 1.807) is 6.20 Å². The number of nitrogens with one attached hydrogen (secondary N) is 2. The van der Waals surface area contributed by atoms with Gasteiger partial charge in [-0.25, -0.2) is 0 Å². The summed E-state index contributed by atoms with van der Waals surface area (Å²) >= 11 is 0. The molecule has 1 rings (SSSR count). The van der Waals surface area contributed by atoms with Gasteiger partial charge in [-0.2, -0.15) is 0 Å². The number of hydrogen-bond donors (Lipinski definition) is 3. The van der Waals surface area contributed by atoms with Crippen molar-refractivity contribution in [1.29, 1.82) is 0 Å². The fourth-order valence-electron chi connectivity index (χ4n) is 1.73. The molecule has 5 nitrogen and oxygen atoms in total. The van der Waals surface area contributed by atoms with Crippen molar-refractivity contribution < 1.29 is 5.11 Å². The fraction of sp³-hybridized carbons (Fsp3) is 0.571. The van der Waals surface area contributed by atoms with Crippen LogP contribution in [-0.4, -0.2) is 42.3 Å². The van der Waals surface area contributed by atoms with E-state index in [1.165, 1.54) is 0 Å². The van der Waals surface area contributed by atoms with Gasteiger partial charge in [0.05, 0.1) is 0 Å². The van der Waals surface area contributed by atoms with Crippen molar-refractivity contribution in [3.8, 4) is 0 Å². The van der Waals surface area contributed by atoms with Crippen LogP contribution in [-0.2, 0) is 6.42 Å². The van der Waals surface area contributed by atoms with E-state index < -0.39 is 0 Å². The Morgan fingerprint density at radius 3 is 2.58 bits per heavy atom. The SMILES string of the molecule is CCNC(=NCC(CO)Cc1ccccn1)NCC. The molecule has 0 aliphatic carbocycles. The zero-order valence-corrected chi connectivity index (χ0v) is 11.8. The van der Waals surface area contributed by atoms with Crippen LogP contribution in [0.4, 0.5) is 0 Å². The molecule has 0 saturated carbocycles. The van der Waals surface area contributed by atoms with E-state index in [1.807, 2.05) is 32.0 Å². The summed E-state index contributed by atoms with van der Waals surface area (Å²) in [6.45, 7) is 6.42. The van der Waals surface area contributed by atoms with Crippen LogP contribution in [0.25, 0.3) is 0 Å². The van der Waals surface area contributed by atoms with Crippen LogP contribution in [0.15, 0.2) is 29.4 Å². The molecule has 0 spiro atoms. The Balaban J connectivity index is 2.53. The van der Waals surface area contributed by atoms with E-state index in [0.717, 1.165) is 31.2 Å². The lowest BCUT2D eigenvalue weighted by molar-refractivity contribution is 0.229. The van der Waals surface area contributed by atoms with Gasteiger partial charge in [0.15, 0.2) is 5.96 Å². The standard InChI is InChI=1S/C14H24N4O/c1-3-15-14(16-4-2)18-10-12(11-19)9-13-7-5-6-8-17-13/h5-8,12,19H,3-4,9-11H2,1-2H3,(H2,15,16,18). The van der Waals surface area contributed by atoms with Gasteiger partial charge in [0, 0.05) is 44.0 Å². The minimum Gasteiger partial charge on any atom is -0.396 e. The van der Waals surface area contributed by atoms with Crippen molar-refractivity contribution in [2.75, 3.05) is 26.2 Å². The van der Waals surface area contributed by atoms with Gasteiger partial charge < -0.3 is 15.7 Å². The number of hydrogen-bond acceptors (Lipinski definition) is 3. The van der Waals surface area contributed by atoms with Gasteiger partial charge in [0.2, 0.25) is 0 Å². The molecule has 3 N–H and O–H groups in total. The summed E-state index contributed by atoms with van der Waals surface area (Å²) in [5.74, 6) is 0.895. The number of aromatic nitrogens is 1. The molecule has 1 heterocycles. The highest BCUT2D eigenvalue weighted by atomic mass is 16.3. The Labute approximate surface area is 115 Å². The molecule has 5 heteroatoms. The Kier molecular flexibility index (Phi) is 7.58. The topological polar surface area (TPSA) is 69.5 Å². The van der Waals surface area contributed by atoms with Gasteiger partial charge in [0.1, 0.15) is 0 Å². The van der Waals surface area contributed by atoms with E-state index in [4.69, 9.17) is 0 Å². The average Bonchev–Trinajstić information content (AvgIpc) is 2.44. The average molecular weight is 264 g/mol. The normalized spacial score (nSPS) is 11.7. The smallest absolute Gasteiger partial charge is 0.191 e. The molecular weight excluding hydrogens is 240 g/mol. The maximum Gasteiger partial charge on any atom is 0.191 e. The van der Waals surface area contributed by atoms with Crippen LogP contribution in [0.1, 0.15) is 19.5 Å². The lowest BCUT2D eigenvalue weighted by Gasteiger charge is -2.13. The van der Waals surface area contributed by atoms with Crippen molar-refractivity contribution in [2.45, 2.75) is 20.3 Å². The number of aliphatic hydroxyl groups excluding tert-OH is 1. The molecule has 1 unspecified atom stereocenters. The van der Waals surface area contributed by atoms with Gasteiger partial charge in [0.25, 0.3) is 0 Å². The van der Waals surface area contributed by atoms with Crippen molar-refractivity contribution in [3.63, 3.8) is 0 Å². The van der Waals surface area contributed by atoms with E-state index in [-0.39, 0.29) is 12.5 Å². The fourth-order valence-corrected chi connectivity index (χ4v) is 1.73. The largest absolute Gasteiger partial charge is 0.396 e. The van der Waals surface area contributed by atoms with E-state index >= 15 is 0 Å². The predicted octanol–water partition coefficient (Wildman–Crippen LogP) is 0.808. The lowest BCUT2D eigenvalue weighted by Crippen LogP contribution is -2.37. The molecular formula is C14H24N4O. The molecule has 106 valence electrons. The first-order chi connectivity index (χ1) is 9.30. The molecule has 0 amide bonds. The monoisotopic (exact) mass is 264 g/mol. The third-order valence-electron chi connectivity index (χ3n) is 2.68. The Morgan fingerprint density at radius 2 is 2.05 bits per heavy atom. The maximum absolute atomic E-state index is 9.42. The number of nitrogens with zero attached hydrogens (tertiary/aromatic N) is 2. The number of guanidine groups is 1. The lowest BCUT2D eigenvalue weighted by atomic mass is 10.0. The number of rotatable bonds is 7. The number of aliphatic imine (C=N–C) groups is 1. The van der Waals surface area contributed by atoms with Crippen LogP contribution >= 0.6 is 0 Å². The van der Waals surface area contributed by atoms with Crippen molar-refractivity contribution >= 4 is 5.96 Å². The minimum absolute atomic E-state index is 0.0993. The maximum atomic E-state index is 9.42. The molecule has 0 saturated heterocycles. The molecule has 19 heavy (non-hydrogen) atoms. The summed E-state index contributed by atoms with van der Waals surface area (Å²) < 4.78 is 0. The Bertz CT molecular complexity index is 359. The van der Waals surface area contributed by atoms with Crippen molar-refractivity contribution in [1.82, 2.24) is 15.6 Å². The molecule has 0 bridgehead atoms. The zero-order valence-electron chi connectivity index (χ0n) is 11.8. The van der Waals surface area contributed by atoms with Gasteiger partial charge in [-0.3, -0.25) is 9.98 Å². The first-order valence-electron chi connectivity index (χ1n) is 6.83. The second kappa shape index (κ2) is 9.33. The Morgan fingerprint density at radius 1 is 1.32 bits per heavy atom. The number of aliphatic hydroxyl groups is 1. The van der Waals surface area contributed by atoms with Gasteiger partial charge in [-0.05, 0) is 32.4 Å². The molecule has 1 atom stereocenters. The molecule has 1 aromatic heterocycles. The second-order valence-electron chi connectivity index (χ2n) is 4.32. The number of pyridine rings is 1. The van der Waals surface area contributed by atoms with Gasteiger partial charge in [-0.15, -0.1) is 0 Å². The summed E-state index contributed by atoms with van der Waals surface area (Å²) in [7, 11) is 0. The molecule has 0 radical (unpaired) electrons. The summed E-state index contributed by atoms with van der Waals surface area (Å²) in [6, 6.07) is 5.83. The van der Waals surface area contributed by atoms with E-state index in [0.29, 0.717) is 6.54 Å². The van der Waals surface area contributed by atoms with Crippen LogP contribution < -0.4 is 10.6 Å². The summed E-state index contributed by atoms with van der Waals surface area (Å²) in [6.07, 6.45) is 2.52. The summed E-state index contributed by atoms with van der Waals surface area (Å²) in [4.78, 5) is 8.75. The highest BCUT2D eigenvalue weighted by molar-refractivity contribution is 5.79. The van der Waals surface area contributed by atoms with Crippen LogP contribution in [0.3, 0.4) is 0 Å². The van der Waals surface area contributed by atoms with Gasteiger partial charge in [-0.1, -0.05) is 6.07 Å². The van der Waals surface area contributed by atoms with E-state index in [2.05, 4.69) is 20.6 Å². The van der Waals surface area contributed by atoms with E-state index in [9.17, 15) is 5.11 Å². The molecule has 0 aromatic carbocycles.